The van der Waals surface area contributed by atoms with Crippen molar-refractivity contribution in [1.82, 2.24) is 15.0 Å². The fourth-order valence-corrected chi connectivity index (χ4v) is 4.19. The molecule has 0 radical (unpaired) electrons. The number of aromatic amines is 1. The minimum absolute atomic E-state index is 0.408. The van der Waals surface area contributed by atoms with Gasteiger partial charge < -0.3 is 30.8 Å². The number of aryl methyl sites for hydroxylation is 1. The number of ether oxygens (including phenoxy) is 1. The lowest BCUT2D eigenvalue weighted by atomic mass is 9.80. The number of anilines is 1. The van der Waals surface area contributed by atoms with Gasteiger partial charge in [0.15, 0.2) is 17.4 Å². The van der Waals surface area contributed by atoms with E-state index in [0.717, 1.165) is 27.9 Å². The number of carbonyl (C=O) groups is 1. The number of rotatable bonds is 6. The highest BCUT2D eigenvalue weighted by Crippen LogP contribution is 2.37. The standard InChI is InChI=1S/C23H22BN5O4/c1-12-18(15-6-3-7-16(21(25)30)19(15)27-12)22-28-17-8-9-33-20(17)23(29-22)26-11-13-4-2-5-14(10-13)24(31)32/h2-7,10,27,31-32H,8-9,11H2,1H3,(H2,25,30)(H,26,28,29). The number of aromatic nitrogens is 3. The Morgan fingerprint density at radius 3 is 2.85 bits per heavy atom. The van der Waals surface area contributed by atoms with E-state index in [4.69, 9.17) is 20.4 Å². The highest BCUT2D eigenvalue weighted by molar-refractivity contribution is 6.58. The Hall–Kier alpha value is -3.89. The summed E-state index contributed by atoms with van der Waals surface area (Å²) in [6.45, 7) is 2.84. The Kier molecular flexibility index (Phi) is 5.23. The summed E-state index contributed by atoms with van der Waals surface area (Å²) < 4.78 is 5.78. The van der Waals surface area contributed by atoms with Crippen LogP contribution in [0.1, 0.15) is 27.3 Å². The molecule has 3 heterocycles. The lowest BCUT2D eigenvalue weighted by Gasteiger charge is -2.12. The van der Waals surface area contributed by atoms with E-state index in [-0.39, 0.29) is 0 Å². The van der Waals surface area contributed by atoms with Crippen LogP contribution in [0.25, 0.3) is 22.3 Å². The molecule has 33 heavy (non-hydrogen) atoms. The molecule has 0 fully saturated rings. The predicted octanol–water partition coefficient (Wildman–Crippen LogP) is 1.26. The summed E-state index contributed by atoms with van der Waals surface area (Å²) in [4.78, 5) is 24.7. The number of hydrogen-bond acceptors (Lipinski definition) is 7. The largest absolute Gasteiger partial charge is 0.488 e. The molecule has 1 aliphatic rings. The molecular weight excluding hydrogens is 421 g/mol. The Bertz CT molecular complexity index is 1390. The summed E-state index contributed by atoms with van der Waals surface area (Å²) in [5.74, 6) is 1.19. The first-order chi connectivity index (χ1) is 15.9. The highest BCUT2D eigenvalue weighted by Gasteiger charge is 2.24. The van der Waals surface area contributed by atoms with Crippen LogP contribution in [0.3, 0.4) is 0 Å². The summed E-state index contributed by atoms with van der Waals surface area (Å²) in [5.41, 5.74) is 10.3. The second-order valence-corrected chi connectivity index (χ2v) is 7.96. The van der Waals surface area contributed by atoms with Crippen LogP contribution < -0.4 is 21.3 Å². The van der Waals surface area contributed by atoms with Crippen LogP contribution in [0.4, 0.5) is 5.82 Å². The van der Waals surface area contributed by atoms with Crippen molar-refractivity contribution in [2.24, 2.45) is 5.73 Å². The first-order valence-corrected chi connectivity index (χ1v) is 10.6. The minimum Gasteiger partial charge on any atom is -0.487 e. The van der Waals surface area contributed by atoms with Gasteiger partial charge in [0.25, 0.3) is 5.91 Å². The predicted molar refractivity (Wildman–Crippen MR) is 125 cm³/mol. The summed E-state index contributed by atoms with van der Waals surface area (Å²) in [7, 11) is -1.53. The first-order valence-electron chi connectivity index (χ1n) is 10.6. The van der Waals surface area contributed by atoms with Gasteiger partial charge in [0, 0.05) is 29.6 Å². The van der Waals surface area contributed by atoms with Crippen LogP contribution >= 0.6 is 0 Å². The van der Waals surface area contributed by atoms with Crippen molar-refractivity contribution in [3.63, 3.8) is 0 Å². The van der Waals surface area contributed by atoms with Gasteiger partial charge in [0.1, 0.15) is 0 Å². The van der Waals surface area contributed by atoms with Gasteiger partial charge in [-0.05, 0) is 24.0 Å². The van der Waals surface area contributed by atoms with Crippen LogP contribution in [0.5, 0.6) is 5.75 Å². The number of amides is 1. The van der Waals surface area contributed by atoms with Gasteiger partial charge in [-0.1, -0.05) is 36.4 Å². The third-order valence-electron chi connectivity index (χ3n) is 5.74. The maximum Gasteiger partial charge on any atom is 0.488 e. The molecule has 0 unspecified atom stereocenters. The second-order valence-electron chi connectivity index (χ2n) is 7.96. The first kappa shape index (κ1) is 21.0. The molecule has 166 valence electrons. The van der Waals surface area contributed by atoms with Crippen LogP contribution in [0.15, 0.2) is 42.5 Å². The average Bonchev–Trinajstić information content (AvgIpc) is 3.40. The molecule has 4 aromatic rings. The number of carbonyl (C=O) groups excluding carboxylic acids is 1. The zero-order chi connectivity index (χ0) is 23.1. The molecule has 0 atom stereocenters. The molecule has 10 heteroatoms. The number of para-hydroxylation sites is 1. The Morgan fingerprint density at radius 2 is 2.06 bits per heavy atom. The van der Waals surface area contributed by atoms with Crippen LogP contribution in [0, 0.1) is 6.92 Å². The SMILES string of the molecule is Cc1[nH]c2c(C(N)=O)cccc2c1-c1nc2c(c(NCc3cccc(B(O)O)c3)n1)OCC2. The lowest BCUT2D eigenvalue weighted by Crippen LogP contribution is -2.30. The van der Waals surface area contributed by atoms with E-state index in [2.05, 4.69) is 10.3 Å². The number of nitrogens with zero attached hydrogens (tertiary/aromatic N) is 2. The molecule has 2 aromatic heterocycles. The average molecular weight is 443 g/mol. The third kappa shape index (κ3) is 3.79. The zero-order valence-corrected chi connectivity index (χ0v) is 17.9. The van der Waals surface area contributed by atoms with Crippen LogP contribution in [-0.2, 0) is 13.0 Å². The van der Waals surface area contributed by atoms with Gasteiger partial charge in [0.2, 0.25) is 0 Å². The van der Waals surface area contributed by atoms with E-state index in [0.29, 0.717) is 53.5 Å². The summed E-state index contributed by atoms with van der Waals surface area (Å²) >= 11 is 0. The third-order valence-corrected chi connectivity index (χ3v) is 5.74. The Labute approximate surface area is 189 Å². The molecule has 0 saturated carbocycles. The van der Waals surface area contributed by atoms with E-state index in [1.165, 1.54) is 0 Å². The molecule has 2 aromatic carbocycles. The number of fused-ring (bicyclic) bond motifs is 2. The van der Waals surface area contributed by atoms with Gasteiger partial charge >= 0.3 is 7.12 Å². The van der Waals surface area contributed by atoms with Crippen molar-refractivity contribution in [3.05, 3.63) is 65.0 Å². The number of primary amides is 1. The molecule has 6 N–H and O–H groups in total. The van der Waals surface area contributed by atoms with Crippen molar-refractivity contribution in [2.75, 3.05) is 11.9 Å². The normalized spacial score (nSPS) is 12.5. The maximum atomic E-state index is 11.9. The van der Waals surface area contributed by atoms with Gasteiger partial charge in [-0.2, -0.15) is 0 Å². The second kappa shape index (κ2) is 8.23. The number of hydrogen-bond donors (Lipinski definition) is 5. The summed E-state index contributed by atoms with van der Waals surface area (Å²) in [6, 6.07) is 12.4. The topological polar surface area (TPSA) is 146 Å². The minimum atomic E-state index is -1.53. The number of nitrogens with two attached hydrogens (primary N) is 1. The zero-order valence-electron chi connectivity index (χ0n) is 17.9. The van der Waals surface area contributed by atoms with Crippen LogP contribution in [-0.4, -0.2) is 44.6 Å². The number of H-pyrrole nitrogens is 1. The molecule has 9 nitrogen and oxygen atoms in total. The smallest absolute Gasteiger partial charge is 0.487 e. The molecule has 0 saturated heterocycles. The molecule has 0 spiro atoms. The van der Waals surface area contributed by atoms with E-state index in [9.17, 15) is 14.8 Å². The quantitative estimate of drug-likeness (QED) is 0.282. The van der Waals surface area contributed by atoms with Crippen molar-refractivity contribution in [2.45, 2.75) is 19.9 Å². The van der Waals surface area contributed by atoms with Gasteiger partial charge in [0.05, 0.1) is 23.4 Å². The Morgan fingerprint density at radius 1 is 1.24 bits per heavy atom. The van der Waals surface area contributed by atoms with Gasteiger partial charge in [-0.3, -0.25) is 4.79 Å². The molecule has 5 rings (SSSR count). The number of nitrogens with one attached hydrogen (secondary N) is 2. The van der Waals surface area contributed by atoms with Crippen molar-refractivity contribution in [3.8, 4) is 17.1 Å². The van der Waals surface area contributed by atoms with Gasteiger partial charge in [-0.15, -0.1) is 0 Å². The van der Waals surface area contributed by atoms with E-state index in [1.807, 2.05) is 19.1 Å². The maximum absolute atomic E-state index is 11.9. The Balaban J connectivity index is 1.56. The molecule has 0 bridgehead atoms. The highest BCUT2D eigenvalue weighted by atomic mass is 16.5. The molecule has 1 aliphatic heterocycles. The van der Waals surface area contributed by atoms with E-state index >= 15 is 0 Å². The molecule has 1 amide bonds. The van der Waals surface area contributed by atoms with Crippen molar-refractivity contribution < 1.29 is 19.6 Å². The fraction of sp³-hybridized carbons (Fsp3) is 0.174. The molecular formula is C23H22BN5O4. The fourth-order valence-electron chi connectivity index (χ4n) is 4.19. The van der Waals surface area contributed by atoms with Crippen molar-refractivity contribution in [1.29, 1.82) is 0 Å². The van der Waals surface area contributed by atoms with Crippen LogP contribution in [0.2, 0.25) is 0 Å². The van der Waals surface area contributed by atoms with E-state index in [1.54, 1.807) is 30.3 Å². The molecule has 0 aliphatic carbocycles. The van der Waals surface area contributed by atoms with Crippen molar-refractivity contribution >= 4 is 35.2 Å². The lowest BCUT2D eigenvalue weighted by molar-refractivity contribution is 0.100. The van der Waals surface area contributed by atoms with Gasteiger partial charge in [-0.25, -0.2) is 9.97 Å². The van der Waals surface area contributed by atoms with E-state index < -0.39 is 13.0 Å². The number of benzene rings is 2. The summed E-state index contributed by atoms with van der Waals surface area (Å²) in [5, 5.41) is 23.0. The summed E-state index contributed by atoms with van der Waals surface area (Å²) in [6.07, 6.45) is 0.666. The monoisotopic (exact) mass is 443 g/mol.